The van der Waals surface area contributed by atoms with Crippen LogP contribution in [0.25, 0.3) is 0 Å². The first kappa shape index (κ1) is 20.7. The summed E-state index contributed by atoms with van der Waals surface area (Å²) in [5, 5.41) is 17.8. The first-order valence-electron chi connectivity index (χ1n) is 8.93. The van der Waals surface area contributed by atoms with Gasteiger partial charge < -0.3 is 10.4 Å². The lowest BCUT2D eigenvalue weighted by molar-refractivity contribution is -0.121. The number of aliphatic hydroxyl groups is 1. The Kier molecular flexibility index (Phi) is 7.02. The van der Waals surface area contributed by atoms with E-state index in [0.717, 1.165) is 23.5 Å². The van der Waals surface area contributed by atoms with Gasteiger partial charge in [-0.15, -0.1) is 0 Å². The van der Waals surface area contributed by atoms with E-state index in [0.29, 0.717) is 18.9 Å². The molecule has 1 unspecified atom stereocenters. The Balaban J connectivity index is 2.71. The number of aliphatic hydroxyl groups excluding tert-OH is 1. The second-order valence-electron chi connectivity index (χ2n) is 8.36. The van der Waals surface area contributed by atoms with Crippen molar-refractivity contribution in [1.29, 1.82) is 0 Å². The van der Waals surface area contributed by atoms with Crippen LogP contribution in [0.2, 0.25) is 0 Å². The first-order valence-corrected chi connectivity index (χ1v) is 8.93. The van der Waals surface area contributed by atoms with E-state index in [1.807, 2.05) is 46.2 Å². The summed E-state index contributed by atoms with van der Waals surface area (Å²) in [6.07, 6.45) is -0.112. The van der Waals surface area contributed by atoms with E-state index in [1.54, 1.807) is 0 Å². The van der Waals surface area contributed by atoms with Gasteiger partial charge in [-0.3, -0.25) is 9.48 Å². The second-order valence-corrected chi connectivity index (χ2v) is 8.36. The number of nitrogens with zero attached hydrogens (tertiary/aromatic N) is 2. The molecule has 1 rings (SSSR count). The fraction of sp³-hybridized carbons (Fsp3) is 0.789. The van der Waals surface area contributed by atoms with Gasteiger partial charge in [0.15, 0.2) is 0 Å². The van der Waals surface area contributed by atoms with Gasteiger partial charge in [-0.05, 0) is 25.7 Å². The van der Waals surface area contributed by atoms with Gasteiger partial charge in [0.2, 0.25) is 5.91 Å². The summed E-state index contributed by atoms with van der Waals surface area (Å²) < 4.78 is 2.00. The highest BCUT2D eigenvalue weighted by atomic mass is 16.3. The quantitative estimate of drug-likeness (QED) is 0.766. The van der Waals surface area contributed by atoms with Gasteiger partial charge in [0.25, 0.3) is 0 Å². The summed E-state index contributed by atoms with van der Waals surface area (Å²) in [4.78, 5) is 12.4. The molecule has 5 nitrogen and oxygen atoms in total. The lowest BCUT2D eigenvalue weighted by atomic mass is 9.80. The Bertz CT molecular complexity index is 559. The molecule has 0 aliphatic carbocycles. The normalized spacial score (nSPS) is 13.6. The summed E-state index contributed by atoms with van der Waals surface area (Å²) in [6.45, 7) is 17.6. The standard InChI is InChI=1S/C19H35N3O2/c1-12(2)10-22-15(6)16(14(5)21-22)9-17(23)20-11-19(7,8)18(24)13(3)4/h12-13,18,24H,9-11H2,1-8H3,(H,20,23). The topological polar surface area (TPSA) is 67.2 Å². The number of nitrogens with one attached hydrogen (secondary N) is 1. The van der Waals surface area contributed by atoms with Crippen LogP contribution in [0.4, 0.5) is 0 Å². The number of rotatable bonds is 8. The smallest absolute Gasteiger partial charge is 0.224 e. The minimum Gasteiger partial charge on any atom is -0.392 e. The zero-order chi connectivity index (χ0) is 18.7. The maximum Gasteiger partial charge on any atom is 0.224 e. The van der Waals surface area contributed by atoms with Crippen LogP contribution < -0.4 is 5.32 Å². The fourth-order valence-corrected chi connectivity index (χ4v) is 3.07. The lowest BCUT2D eigenvalue weighted by Crippen LogP contribution is -2.44. The second kappa shape index (κ2) is 8.15. The summed E-state index contributed by atoms with van der Waals surface area (Å²) in [6, 6.07) is 0. The zero-order valence-electron chi connectivity index (χ0n) is 16.6. The zero-order valence-corrected chi connectivity index (χ0v) is 16.6. The molecule has 0 spiro atoms. The van der Waals surface area contributed by atoms with Crippen molar-refractivity contribution in [2.24, 2.45) is 17.3 Å². The third-order valence-electron chi connectivity index (χ3n) is 4.58. The van der Waals surface area contributed by atoms with Gasteiger partial charge in [-0.1, -0.05) is 41.5 Å². The molecule has 2 N–H and O–H groups in total. The first-order chi connectivity index (χ1) is 11.0. The van der Waals surface area contributed by atoms with E-state index in [1.165, 1.54) is 0 Å². The van der Waals surface area contributed by atoms with E-state index in [4.69, 9.17) is 0 Å². The lowest BCUT2D eigenvalue weighted by Gasteiger charge is -2.33. The molecule has 1 amide bonds. The highest BCUT2D eigenvalue weighted by molar-refractivity contribution is 5.79. The van der Waals surface area contributed by atoms with E-state index >= 15 is 0 Å². The molecule has 138 valence electrons. The Morgan fingerprint density at radius 3 is 2.33 bits per heavy atom. The Morgan fingerprint density at radius 1 is 1.25 bits per heavy atom. The van der Waals surface area contributed by atoms with E-state index < -0.39 is 6.10 Å². The van der Waals surface area contributed by atoms with Gasteiger partial charge in [0.05, 0.1) is 18.2 Å². The van der Waals surface area contributed by atoms with Crippen molar-refractivity contribution >= 4 is 5.91 Å². The minimum atomic E-state index is -0.449. The maximum atomic E-state index is 12.4. The molecule has 1 aromatic heterocycles. The number of hydrogen-bond acceptors (Lipinski definition) is 3. The predicted octanol–water partition coefficient (Wildman–Crippen LogP) is 2.86. The van der Waals surface area contributed by atoms with Crippen molar-refractivity contribution in [3.8, 4) is 0 Å². The molecule has 0 saturated carbocycles. The number of amides is 1. The maximum absolute atomic E-state index is 12.4. The molecule has 0 aromatic carbocycles. The summed E-state index contributed by atoms with van der Waals surface area (Å²) >= 11 is 0. The summed E-state index contributed by atoms with van der Waals surface area (Å²) in [5.74, 6) is 0.660. The molecule has 1 atom stereocenters. The third kappa shape index (κ3) is 5.33. The van der Waals surface area contributed by atoms with Crippen LogP contribution in [-0.2, 0) is 17.8 Å². The average Bonchev–Trinajstić information content (AvgIpc) is 2.71. The molecule has 24 heavy (non-hydrogen) atoms. The number of hydrogen-bond donors (Lipinski definition) is 2. The number of aromatic nitrogens is 2. The van der Waals surface area contributed by atoms with E-state index in [-0.39, 0.29) is 17.2 Å². The average molecular weight is 338 g/mol. The molecular formula is C19H35N3O2. The van der Waals surface area contributed by atoms with Crippen LogP contribution in [0.5, 0.6) is 0 Å². The van der Waals surface area contributed by atoms with E-state index in [9.17, 15) is 9.90 Å². The monoisotopic (exact) mass is 337 g/mol. The van der Waals surface area contributed by atoms with Crippen molar-refractivity contribution in [3.63, 3.8) is 0 Å². The van der Waals surface area contributed by atoms with Crippen molar-refractivity contribution in [2.45, 2.75) is 74.5 Å². The van der Waals surface area contributed by atoms with Crippen molar-refractivity contribution < 1.29 is 9.90 Å². The van der Waals surface area contributed by atoms with Gasteiger partial charge in [-0.2, -0.15) is 5.10 Å². The van der Waals surface area contributed by atoms with Gasteiger partial charge in [-0.25, -0.2) is 0 Å². The van der Waals surface area contributed by atoms with Gasteiger partial charge in [0, 0.05) is 29.8 Å². The van der Waals surface area contributed by atoms with Crippen LogP contribution in [-0.4, -0.2) is 33.4 Å². The highest BCUT2D eigenvalue weighted by Gasteiger charge is 2.30. The molecule has 1 heterocycles. The summed E-state index contributed by atoms with van der Waals surface area (Å²) in [5.41, 5.74) is 2.65. The van der Waals surface area contributed by atoms with Crippen LogP contribution in [0, 0.1) is 31.1 Å². The molecule has 0 aliphatic heterocycles. The number of carbonyl (C=O) groups excluding carboxylic acids is 1. The molecule has 0 radical (unpaired) electrons. The SMILES string of the molecule is Cc1nn(CC(C)C)c(C)c1CC(=O)NCC(C)(C)C(O)C(C)C. The fourth-order valence-electron chi connectivity index (χ4n) is 3.07. The number of aryl methyl sites for hydroxylation is 1. The van der Waals surface area contributed by atoms with Crippen molar-refractivity contribution in [3.05, 3.63) is 17.0 Å². The molecular weight excluding hydrogens is 302 g/mol. The third-order valence-corrected chi connectivity index (χ3v) is 4.58. The van der Waals surface area contributed by atoms with Crippen LogP contribution in [0.15, 0.2) is 0 Å². The minimum absolute atomic E-state index is 0.0191. The molecule has 0 saturated heterocycles. The van der Waals surface area contributed by atoms with Crippen molar-refractivity contribution in [1.82, 2.24) is 15.1 Å². The summed E-state index contributed by atoms with van der Waals surface area (Å²) in [7, 11) is 0. The molecule has 0 bridgehead atoms. The van der Waals surface area contributed by atoms with Crippen LogP contribution in [0.3, 0.4) is 0 Å². The Labute approximate surface area is 146 Å². The van der Waals surface area contributed by atoms with Crippen LogP contribution >= 0.6 is 0 Å². The van der Waals surface area contributed by atoms with Crippen molar-refractivity contribution in [2.75, 3.05) is 6.54 Å². The van der Waals surface area contributed by atoms with Gasteiger partial charge in [0.1, 0.15) is 0 Å². The predicted molar refractivity (Wildman–Crippen MR) is 97.9 cm³/mol. The molecule has 5 heteroatoms. The molecule has 0 fully saturated rings. The largest absolute Gasteiger partial charge is 0.392 e. The van der Waals surface area contributed by atoms with Crippen LogP contribution in [0.1, 0.15) is 58.5 Å². The highest BCUT2D eigenvalue weighted by Crippen LogP contribution is 2.25. The van der Waals surface area contributed by atoms with Gasteiger partial charge >= 0.3 is 0 Å². The van der Waals surface area contributed by atoms with E-state index in [2.05, 4.69) is 24.3 Å². The Morgan fingerprint density at radius 2 is 1.83 bits per heavy atom. The Hall–Kier alpha value is -1.36. The molecule has 1 aromatic rings. The molecule has 0 aliphatic rings. The number of carbonyl (C=O) groups is 1.